The van der Waals surface area contributed by atoms with Gasteiger partial charge in [-0.15, -0.1) is 0 Å². The summed E-state index contributed by atoms with van der Waals surface area (Å²) in [7, 11) is 1.66. The van der Waals surface area contributed by atoms with Crippen molar-refractivity contribution >= 4 is 32.6 Å². The Bertz CT molecular complexity index is 1000. The lowest BCUT2D eigenvalue weighted by Gasteiger charge is -2.31. The van der Waals surface area contributed by atoms with E-state index in [4.69, 9.17) is 4.74 Å². The van der Waals surface area contributed by atoms with Crippen LogP contribution in [0, 0.1) is 0 Å². The van der Waals surface area contributed by atoms with Gasteiger partial charge in [0.1, 0.15) is 5.75 Å². The molecule has 0 heterocycles. The van der Waals surface area contributed by atoms with Crippen molar-refractivity contribution in [2.45, 2.75) is 39.8 Å². The summed E-state index contributed by atoms with van der Waals surface area (Å²) in [6, 6.07) is 18.3. The number of amides is 1. The lowest BCUT2D eigenvalue weighted by molar-refractivity contribution is 0.0644. The number of fused-ring (bicyclic) bond motifs is 1. The van der Waals surface area contributed by atoms with E-state index in [1.165, 1.54) is 0 Å². The number of carbonyl (C=O) groups excluding carboxylic acids is 1. The highest BCUT2D eigenvalue weighted by Gasteiger charge is 2.25. The maximum atomic E-state index is 13.4. The SMILES string of the molecule is COc1c(-c2ccccc2C(=O)N(C(C)C)C(C)C)cc2ccccc2c1Br. The van der Waals surface area contributed by atoms with Gasteiger partial charge in [0.05, 0.1) is 11.6 Å². The summed E-state index contributed by atoms with van der Waals surface area (Å²) in [5.74, 6) is 0.770. The summed E-state index contributed by atoms with van der Waals surface area (Å²) in [5.41, 5.74) is 2.47. The molecular weight excluding hydrogens is 414 g/mol. The quantitative estimate of drug-likeness (QED) is 0.451. The van der Waals surface area contributed by atoms with Crippen LogP contribution >= 0.6 is 15.9 Å². The van der Waals surface area contributed by atoms with E-state index in [1.807, 2.05) is 69.0 Å². The molecule has 0 saturated carbocycles. The minimum atomic E-state index is 0.0342. The normalized spacial score (nSPS) is 11.3. The molecule has 146 valence electrons. The molecule has 0 atom stereocenters. The van der Waals surface area contributed by atoms with Crippen LogP contribution in [0.15, 0.2) is 59.1 Å². The van der Waals surface area contributed by atoms with E-state index in [1.54, 1.807) is 7.11 Å². The molecule has 0 radical (unpaired) electrons. The first-order valence-electron chi connectivity index (χ1n) is 9.54. The Morgan fingerprint density at radius 2 is 1.54 bits per heavy atom. The summed E-state index contributed by atoms with van der Waals surface area (Å²) in [6.45, 7) is 8.20. The molecule has 0 N–H and O–H groups in total. The molecule has 3 aromatic carbocycles. The summed E-state index contributed by atoms with van der Waals surface area (Å²) >= 11 is 3.71. The van der Waals surface area contributed by atoms with E-state index in [0.29, 0.717) is 5.56 Å². The number of rotatable bonds is 5. The topological polar surface area (TPSA) is 29.5 Å². The van der Waals surface area contributed by atoms with Crippen LogP contribution in [0.1, 0.15) is 38.1 Å². The molecule has 0 aliphatic carbocycles. The predicted molar refractivity (Wildman–Crippen MR) is 120 cm³/mol. The minimum Gasteiger partial charge on any atom is -0.495 e. The highest BCUT2D eigenvalue weighted by Crippen LogP contribution is 2.43. The monoisotopic (exact) mass is 439 g/mol. The van der Waals surface area contributed by atoms with Gasteiger partial charge in [-0.25, -0.2) is 0 Å². The lowest BCUT2D eigenvalue weighted by atomic mass is 9.95. The van der Waals surface area contributed by atoms with E-state index >= 15 is 0 Å². The molecule has 3 rings (SSSR count). The molecule has 0 fully saturated rings. The molecule has 4 heteroatoms. The number of ether oxygens (including phenoxy) is 1. The van der Waals surface area contributed by atoms with E-state index < -0.39 is 0 Å². The molecule has 0 unspecified atom stereocenters. The summed E-state index contributed by atoms with van der Waals surface area (Å²) in [4.78, 5) is 15.4. The van der Waals surface area contributed by atoms with Crippen LogP contribution < -0.4 is 4.74 Å². The van der Waals surface area contributed by atoms with Gasteiger partial charge in [-0.2, -0.15) is 0 Å². The average molecular weight is 440 g/mol. The van der Waals surface area contributed by atoms with Crippen LogP contribution in [-0.2, 0) is 0 Å². The molecule has 0 aliphatic heterocycles. The Hall–Kier alpha value is -2.33. The molecule has 28 heavy (non-hydrogen) atoms. The van der Waals surface area contributed by atoms with Crippen LogP contribution in [0.4, 0.5) is 0 Å². The second kappa shape index (κ2) is 8.36. The van der Waals surface area contributed by atoms with Crippen LogP contribution in [0.2, 0.25) is 0 Å². The second-order valence-electron chi connectivity index (χ2n) is 7.44. The third-order valence-corrected chi connectivity index (χ3v) is 5.73. The molecule has 0 bridgehead atoms. The van der Waals surface area contributed by atoms with Crippen LogP contribution in [-0.4, -0.2) is 30.0 Å². The van der Waals surface area contributed by atoms with Gasteiger partial charge in [0, 0.05) is 23.2 Å². The smallest absolute Gasteiger partial charge is 0.254 e. The van der Waals surface area contributed by atoms with Crippen molar-refractivity contribution in [1.82, 2.24) is 4.90 Å². The van der Waals surface area contributed by atoms with Gasteiger partial charge >= 0.3 is 0 Å². The fourth-order valence-electron chi connectivity index (χ4n) is 3.79. The van der Waals surface area contributed by atoms with Crippen molar-refractivity contribution in [3.63, 3.8) is 0 Å². The number of hydrogen-bond acceptors (Lipinski definition) is 2. The van der Waals surface area contributed by atoms with Crippen molar-refractivity contribution < 1.29 is 9.53 Å². The first kappa shape index (κ1) is 20.4. The van der Waals surface area contributed by atoms with Crippen LogP contribution in [0.3, 0.4) is 0 Å². The van der Waals surface area contributed by atoms with Gasteiger partial charge in [0.2, 0.25) is 0 Å². The number of halogens is 1. The highest BCUT2D eigenvalue weighted by atomic mass is 79.9. The van der Waals surface area contributed by atoms with Crippen LogP contribution in [0.5, 0.6) is 5.75 Å². The maximum Gasteiger partial charge on any atom is 0.254 e. The Balaban J connectivity index is 2.25. The fraction of sp³-hybridized carbons (Fsp3) is 0.292. The third kappa shape index (κ3) is 3.66. The average Bonchev–Trinajstić information content (AvgIpc) is 2.67. The third-order valence-electron chi connectivity index (χ3n) is 4.94. The van der Waals surface area contributed by atoms with E-state index in [0.717, 1.165) is 32.1 Å². The standard InChI is InChI=1S/C24H26BrNO2/c1-15(2)26(16(3)4)24(27)20-13-9-8-12-19(20)21-14-17-10-6-7-11-18(17)22(25)23(21)28-5/h6-16H,1-5H3. The molecule has 0 aliphatic rings. The zero-order chi connectivity index (χ0) is 20.4. The van der Waals surface area contributed by atoms with Gasteiger partial charge in [0.15, 0.2) is 0 Å². The van der Waals surface area contributed by atoms with Crippen molar-refractivity contribution in [3.05, 3.63) is 64.6 Å². The summed E-state index contributed by atoms with van der Waals surface area (Å²) in [5, 5.41) is 2.18. The number of hydrogen-bond donors (Lipinski definition) is 0. The molecule has 0 saturated heterocycles. The molecule has 3 nitrogen and oxygen atoms in total. The minimum absolute atomic E-state index is 0.0342. The zero-order valence-corrected chi connectivity index (χ0v) is 18.6. The first-order valence-corrected chi connectivity index (χ1v) is 10.3. The number of benzene rings is 3. The molecular formula is C24H26BrNO2. The van der Waals surface area contributed by atoms with Crippen molar-refractivity contribution in [3.8, 4) is 16.9 Å². The van der Waals surface area contributed by atoms with E-state index in [2.05, 4.69) is 34.1 Å². The van der Waals surface area contributed by atoms with Gasteiger partial charge in [-0.3, -0.25) is 4.79 Å². The number of methoxy groups -OCH3 is 1. The van der Waals surface area contributed by atoms with Gasteiger partial charge in [0.25, 0.3) is 5.91 Å². The lowest BCUT2D eigenvalue weighted by Crippen LogP contribution is -2.42. The van der Waals surface area contributed by atoms with Crippen molar-refractivity contribution in [1.29, 1.82) is 0 Å². The summed E-state index contributed by atoms with van der Waals surface area (Å²) in [6.07, 6.45) is 0. The zero-order valence-electron chi connectivity index (χ0n) is 17.0. The number of carbonyl (C=O) groups is 1. The largest absolute Gasteiger partial charge is 0.495 e. The Labute approximate surface area is 175 Å². The maximum absolute atomic E-state index is 13.4. The number of nitrogens with zero attached hydrogens (tertiary/aromatic N) is 1. The van der Waals surface area contributed by atoms with E-state index in [-0.39, 0.29) is 18.0 Å². The van der Waals surface area contributed by atoms with Crippen molar-refractivity contribution in [2.75, 3.05) is 7.11 Å². The van der Waals surface area contributed by atoms with Gasteiger partial charge < -0.3 is 9.64 Å². The highest BCUT2D eigenvalue weighted by molar-refractivity contribution is 9.10. The predicted octanol–water partition coefficient (Wildman–Crippen LogP) is 6.54. The molecule has 0 spiro atoms. The fourth-order valence-corrected chi connectivity index (χ4v) is 4.53. The molecule has 3 aromatic rings. The van der Waals surface area contributed by atoms with Gasteiger partial charge in [-0.05, 0) is 72.1 Å². The molecule has 1 amide bonds. The van der Waals surface area contributed by atoms with Crippen LogP contribution in [0.25, 0.3) is 21.9 Å². The van der Waals surface area contributed by atoms with E-state index in [9.17, 15) is 4.79 Å². The second-order valence-corrected chi connectivity index (χ2v) is 8.23. The Kier molecular flexibility index (Phi) is 6.09. The summed E-state index contributed by atoms with van der Waals surface area (Å²) < 4.78 is 6.66. The first-order chi connectivity index (χ1) is 13.4. The Morgan fingerprint density at radius 1 is 0.929 bits per heavy atom. The van der Waals surface area contributed by atoms with Gasteiger partial charge in [-0.1, -0.05) is 42.5 Å². The van der Waals surface area contributed by atoms with Crippen molar-refractivity contribution in [2.24, 2.45) is 0 Å². The molecule has 0 aromatic heterocycles. The Morgan fingerprint density at radius 3 is 2.18 bits per heavy atom.